The fourth-order valence-electron chi connectivity index (χ4n) is 3.00. The smallest absolute Gasteiger partial charge is 0.344 e. The van der Waals surface area contributed by atoms with E-state index in [0.717, 1.165) is 5.39 Å². The van der Waals surface area contributed by atoms with Crippen molar-refractivity contribution in [1.82, 2.24) is 5.32 Å². The van der Waals surface area contributed by atoms with E-state index in [9.17, 15) is 19.5 Å². The number of carbonyl (C=O) groups excluding carboxylic acids is 1. The summed E-state index contributed by atoms with van der Waals surface area (Å²) in [6.45, 7) is 3.64. The van der Waals surface area contributed by atoms with Gasteiger partial charge in [0.05, 0.1) is 5.56 Å². The maximum absolute atomic E-state index is 12.6. The van der Waals surface area contributed by atoms with Crippen molar-refractivity contribution in [2.24, 2.45) is 5.92 Å². The van der Waals surface area contributed by atoms with Gasteiger partial charge in [-0.1, -0.05) is 50.6 Å². The van der Waals surface area contributed by atoms with E-state index in [1.807, 2.05) is 19.1 Å². The third-order valence-corrected chi connectivity index (χ3v) is 4.84. The number of aliphatic carboxylic acids is 1. The van der Waals surface area contributed by atoms with E-state index < -0.39 is 23.5 Å². The number of hydrogen-bond acceptors (Lipinski definition) is 4. The molecule has 28 heavy (non-hydrogen) atoms. The molecule has 0 aliphatic heterocycles. The summed E-state index contributed by atoms with van der Waals surface area (Å²) in [4.78, 5) is 36.4. The molecule has 0 bridgehead atoms. The van der Waals surface area contributed by atoms with Crippen LogP contribution >= 0.6 is 0 Å². The minimum Gasteiger partial charge on any atom is -0.480 e. The van der Waals surface area contributed by atoms with Gasteiger partial charge in [0.25, 0.3) is 5.91 Å². The van der Waals surface area contributed by atoms with Crippen molar-refractivity contribution < 1.29 is 19.1 Å². The molecule has 144 valence electrons. The quantitative estimate of drug-likeness (QED) is 0.637. The SMILES string of the molecule is CC[C@H](C)[C@H](NC(=O)c1cccc(-c2cc3ccccc3oc2=O)c1)C(=O)O. The van der Waals surface area contributed by atoms with Gasteiger partial charge in [-0.15, -0.1) is 0 Å². The third kappa shape index (κ3) is 3.96. The van der Waals surface area contributed by atoms with Gasteiger partial charge in [0, 0.05) is 10.9 Å². The molecule has 1 heterocycles. The fraction of sp³-hybridized carbons (Fsp3) is 0.227. The molecule has 0 spiro atoms. The van der Waals surface area contributed by atoms with E-state index in [1.165, 1.54) is 0 Å². The van der Waals surface area contributed by atoms with Gasteiger partial charge in [-0.3, -0.25) is 4.79 Å². The Kier molecular flexibility index (Phi) is 5.59. The summed E-state index contributed by atoms with van der Waals surface area (Å²) < 4.78 is 5.36. The number of para-hydroxylation sites is 1. The maximum atomic E-state index is 12.6. The minimum atomic E-state index is -1.07. The number of fused-ring (bicyclic) bond motifs is 1. The first kappa shape index (κ1) is 19.4. The number of carbonyl (C=O) groups is 2. The van der Waals surface area contributed by atoms with Crippen molar-refractivity contribution in [3.8, 4) is 11.1 Å². The highest BCUT2D eigenvalue weighted by atomic mass is 16.4. The second kappa shape index (κ2) is 8.08. The summed E-state index contributed by atoms with van der Waals surface area (Å²) in [6, 6.07) is 14.4. The fourth-order valence-corrected chi connectivity index (χ4v) is 3.00. The Labute approximate surface area is 161 Å². The van der Waals surface area contributed by atoms with E-state index >= 15 is 0 Å². The Morgan fingerprint density at radius 1 is 1.11 bits per heavy atom. The molecule has 1 amide bonds. The number of carboxylic acid groups (broad SMARTS) is 1. The number of carboxylic acids is 1. The monoisotopic (exact) mass is 379 g/mol. The molecule has 1 aromatic heterocycles. The van der Waals surface area contributed by atoms with E-state index in [4.69, 9.17) is 4.42 Å². The molecule has 2 atom stereocenters. The highest BCUT2D eigenvalue weighted by Gasteiger charge is 2.25. The van der Waals surface area contributed by atoms with Gasteiger partial charge < -0.3 is 14.8 Å². The van der Waals surface area contributed by atoms with Crippen LogP contribution < -0.4 is 10.9 Å². The van der Waals surface area contributed by atoms with Crippen molar-refractivity contribution in [3.63, 3.8) is 0 Å². The maximum Gasteiger partial charge on any atom is 0.344 e. The molecule has 6 heteroatoms. The summed E-state index contributed by atoms with van der Waals surface area (Å²) in [7, 11) is 0. The van der Waals surface area contributed by atoms with Crippen LogP contribution in [0.5, 0.6) is 0 Å². The molecular formula is C22H21NO5. The summed E-state index contributed by atoms with van der Waals surface area (Å²) in [6.07, 6.45) is 0.620. The number of nitrogens with one attached hydrogen (secondary N) is 1. The standard InChI is InChI=1S/C22H21NO5/c1-3-13(2)19(21(25)26)23-20(24)16-9-6-8-14(11-16)17-12-15-7-4-5-10-18(15)28-22(17)27/h4-13,19H,3H2,1-2H3,(H,23,24)(H,25,26)/t13-,19-/m0/s1. The molecule has 2 aromatic carbocycles. The zero-order valence-corrected chi connectivity index (χ0v) is 15.6. The average Bonchev–Trinajstić information content (AvgIpc) is 2.70. The zero-order chi connectivity index (χ0) is 20.3. The molecule has 0 saturated heterocycles. The predicted octanol–water partition coefficient (Wildman–Crippen LogP) is 3.69. The molecule has 3 rings (SSSR count). The van der Waals surface area contributed by atoms with Crippen LogP contribution in [0.2, 0.25) is 0 Å². The van der Waals surface area contributed by atoms with Gasteiger partial charge in [-0.2, -0.15) is 0 Å². The Hall–Kier alpha value is -3.41. The first-order valence-electron chi connectivity index (χ1n) is 9.07. The van der Waals surface area contributed by atoms with E-state index in [-0.39, 0.29) is 11.5 Å². The van der Waals surface area contributed by atoms with Gasteiger partial charge >= 0.3 is 11.6 Å². The van der Waals surface area contributed by atoms with Crippen LogP contribution in [0, 0.1) is 5.92 Å². The lowest BCUT2D eigenvalue weighted by atomic mass is 9.98. The molecule has 6 nitrogen and oxygen atoms in total. The topological polar surface area (TPSA) is 96.6 Å². The molecule has 2 N–H and O–H groups in total. The lowest BCUT2D eigenvalue weighted by Crippen LogP contribution is -2.45. The van der Waals surface area contributed by atoms with Crippen LogP contribution in [0.1, 0.15) is 30.6 Å². The first-order valence-corrected chi connectivity index (χ1v) is 9.07. The average molecular weight is 379 g/mol. The van der Waals surface area contributed by atoms with E-state index in [0.29, 0.717) is 23.1 Å². The summed E-state index contributed by atoms with van der Waals surface area (Å²) >= 11 is 0. The van der Waals surface area contributed by atoms with Gasteiger partial charge in [-0.25, -0.2) is 9.59 Å². The van der Waals surface area contributed by atoms with Gasteiger partial charge in [0.15, 0.2) is 0 Å². The Morgan fingerprint density at radius 2 is 1.86 bits per heavy atom. The summed E-state index contributed by atoms with van der Waals surface area (Å²) in [5.74, 6) is -1.79. The molecule has 0 unspecified atom stereocenters. The zero-order valence-electron chi connectivity index (χ0n) is 15.6. The molecule has 0 aliphatic carbocycles. The molecule has 0 fully saturated rings. The van der Waals surface area contributed by atoms with Crippen molar-refractivity contribution in [1.29, 1.82) is 0 Å². The largest absolute Gasteiger partial charge is 0.480 e. The summed E-state index contributed by atoms with van der Waals surface area (Å²) in [5.41, 5.74) is 1.13. The lowest BCUT2D eigenvalue weighted by Gasteiger charge is -2.20. The van der Waals surface area contributed by atoms with E-state index in [2.05, 4.69) is 5.32 Å². The minimum absolute atomic E-state index is 0.211. The number of benzene rings is 2. The third-order valence-electron chi connectivity index (χ3n) is 4.84. The van der Waals surface area contributed by atoms with Crippen LogP contribution in [-0.2, 0) is 4.79 Å². The van der Waals surface area contributed by atoms with Crippen molar-refractivity contribution in [3.05, 3.63) is 70.6 Å². The second-order valence-electron chi connectivity index (χ2n) is 6.74. The lowest BCUT2D eigenvalue weighted by molar-refractivity contribution is -0.140. The van der Waals surface area contributed by atoms with Crippen molar-refractivity contribution in [2.75, 3.05) is 0 Å². The highest BCUT2D eigenvalue weighted by Crippen LogP contribution is 2.22. The Bertz CT molecular complexity index is 1090. The molecule has 0 radical (unpaired) electrons. The number of amides is 1. The second-order valence-corrected chi connectivity index (χ2v) is 6.74. The molecule has 0 saturated carbocycles. The van der Waals surface area contributed by atoms with Crippen LogP contribution in [0.15, 0.2) is 63.8 Å². The van der Waals surface area contributed by atoms with Gasteiger partial charge in [0.2, 0.25) is 0 Å². The first-order chi connectivity index (χ1) is 13.4. The summed E-state index contributed by atoms with van der Waals surface area (Å²) in [5, 5.41) is 12.7. The Balaban J connectivity index is 1.94. The van der Waals surface area contributed by atoms with Crippen LogP contribution in [0.25, 0.3) is 22.1 Å². The van der Waals surface area contributed by atoms with Crippen molar-refractivity contribution in [2.45, 2.75) is 26.3 Å². The van der Waals surface area contributed by atoms with Crippen molar-refractivity contribution >= 4 is 22.8 Å². The van der Waals surface area contributed by atoms with E-state index in [1.54, 1.807) is 49.4 Å². The molecular weight excluding hydrogens is 358 g/mol. The Morgan fingerprint density at radius 3 is 2.57 bits per heavy atom. The number of hydrogen-bond donors (Lipinski definition) is 2. The highest BCUT2D eigenvalue weighted by molar-refractivity contribution is 5.97. The van der Waals surface area contributed by atoms with Crippen LogP contribution in [-0.4, -0.2) is 23.0 Å². The van der Waals surface area contributed by atoms with Gasteiger partial charge in [-0.05, 0) is 35.7 Å². The van der Waals surface area contributed by atoms with Gasteiger partial charge in [0.1, 0.15) is 11.6 Å². The number of rotatable bonds is 6. The van der Waals surface area contributed by atoms with Crippen LogP contribution in [0.3, 0.4) is 0 Å². The molecule has 0 aliphatic rings. The molecule has 3 aromatic rings. The normalized spacial score (nSPS) is 13.1. The predicted molar refractivity (Wildman–Crippen MR) is 106 cm³/mol. The van der Waals surface area contributed by atoms with Crippen LogP contribution in [0.4, 0.5) is 0 Å².